The number of piperidine rings is 1. The number of hydrogen-bond acceptors (Lipinski definition) is 6. The van der Waals surface area contributed by atoms with E-state index < -0.39 is 17.9 Å². The van der Waals surface area contributed by atoms with E-state index in [9.17, 15) is 14.7 Å². The molecule has 2 fully saturated rings. The first-order valence-electron chi connectivity index (χ1n) is 8.19. The van der Waals surface area contributed by atoms with Crippen molar-refractivity contribution < 1.29 is 24.2 Å². The van der Waals surface area contributed by atoms with E-state index in [1.54, 1.807) is 12.0 Å². The van der Waals surface area contributed by atoms with Gasteiger partial charge < -0.3 is 29.7 Å². The second-order valence-corrected chi connectivity index (χ2v) is 5.99. The molecule has 2 unspecified atom stereocenters. The van der Waals surface area contributed by atoms with E-state index in [2.05, 4.69) is 5.32 Å². The van der Waals surface area contributed by atoms with E-state index in [1.807, 2.05) is 0 Å². The number of amides is 2. The largest absolute Gasteiger partial charge is 0.390 e. The zero-order chi connectivity index (χ0) is 16.7. The molecule has 0 spiro atoms. The van der Waals surface area contributed by atoms with Crippen LogP contribution in [0.15, 0.2) is 0 Å². The number of likely N-dealkylation sites (tertiary alicyclic amines) is 1. The Hall–Kier alpha value is -1.22. The molecule has 0 aromatic carbocycles. The minimum Gasteiger partial charge on any atom is -0.390 e. The van der Waals surface area contributed by atoms with Crippen LogP contribution in [0.3, 0.4) is 0 Å². The van der Waals surface area contributed by atoms with Crippen LogP contribution in [-0.4, -0.2) is 98.5 Å². The quantitative estimate of drug-likeness (QED) is 0.478. The third-order valence-corrected chi connectivity index (χ3v) is 4.15. The molecule has 2 aliphatic rings. The van der Waals surface area contributed by atoms with Crippen molar-refractivity contribution in [3.05, 3.63) is 0 Å². The fourth-order valence-corrected chi connectivity index (χ4v) is 2.90. The van der Waals surface area contributed by atoms with Crippen molar-refractivity contribution in [1.82, 2.24) is 15.1 Å². The minimum absolute atomic E-state index is 0.0490. The highest BCUT2D eigenvalue weighted by Crippen LogP contribution is 2.14. The molecule has 2 atom stereocenters. The Morgan fingerprint density at radius 2 is 1.91 bits per heavy atom. The van der Waals surface area contributed by atoms with Gasteiger partial charge in [0.1, 0.15) is 0 Å². The Kier molecular flexibility index (Phi) is 7.22. The molecular weight excluding hydrogens is 302 g/mol. The minimum atomic E-state index is -0.638. The molecule has 0 aromatic heterocycles. The van der Waals surface area contributed by atoms with Gasteiger partial charge in [0.2, 0.25) is 0 Å². The van der Waals surface area contributed by atoms with Gasteiger partial charge in [0.25, 0.3) is 0 Å². The molecule has 2 heterocycles. The van der Waals surface area contributed by atoms with E-state index in [4.69, 9.17) is 9.47 Å². The number of carbonyl (C=O) groups is 2. The molecule has 2 rings (SSSR count). The highest BCUT2D eigenvalue weighted by Gasteiger charge is 2.32. The van der Waals surface area contributed by atoms with E-state index >= 15 is 0 Å². The van der Waals surface area contributed by atoms with Crippen LogP contribution >= 0.6 is 0 Å². The van der Waals surface area contributed by atoms with Gasteiger partial charge in [-0.15, -0.1) is 0 Å². The van der Waals surface area contributed by atoms with Crippen molar-refractivity contribution in [3.8, 4) is 0 Å². The van der Waals surface area contributed by atoms with Gasteiger partial charge in [-0.25, -0.2) is 0 Å². The SMILES string of the molecule is COCCOC1CCCN(C(=O)C(=O)N2CCNCC(O)C2)C1. The van der Waals surface area contributed by atoms with Crippen LogP contribution in [0.25, 0.3) is 0 Å². The first kappa shape index (κ1) is 18.1. The van der Waals surface area contributed by atoms with Crippen LogP contribution in [0, 0.1) is 0 Å². The van der Waals surface area contributed by atoms with E-state index in [1.165, 1.54) is 4.90 Å². The maximum atomic E-state index is 12.4. The van der Waals surface area contributed by atoms with Crippen LogP contribution in [0.5, 0.6) is 0 Å². The highest BCUT2D eigenvalue weighted by molar-refractivity contribution is 6.34. The van der Waals surface area contributed by atoms with Gasteiger partial charge in [-0.2, -0.15) is 0 Å². The number of nitrogens with one attached hydrogen (secondary N) is 1. The molecular formula is C15H27N3O5. The van der Waals surface area contributed by atoms with Gasteiger partial charge in [0, 0.05) is 46.4 Å². The van der Waals surface area contributed by atoms with E-state index in [0.29, 0.717) is 45.9 Å². The fraction of sp³-hybridized carbons (Fsp3) is 0.867. The lowest BCUT2D eigenvalue weighted by atomic mass is 10.1. The molecule has 132 valence electrons. The summed E-state index contributed by atoms with van der Waals surface area (Å²) in [7, 11) is 1.61. The van der Waals surface area contributed by atoms with Crippen LogP contribution in [0.2, 0.25) is 0 Å². The summed E-state index contributed by atoms with van der Waals surface area (Å²) in [5.41, 5.74) is 0. The predicted molar refractivity (Wildman–Crippen MR) is 82.9 cm³/mol. The average molecular weight is 329 g/mol. The van der Waals surface area contributed by atoms with Crippen molar-refractivity contribution in [2.75, 3.05) is 59.6 Å². The van der Waals surface area contributed by atoms with Crippen molar-refractivity contribution in [1.29, 1.82) is 0 Å². The third kappa shape index (κ3) is 5.42. The van der Waals surface area contributed by atoms with Gasteiger partial charge in [0.05, 0.1) is 25.4 Å². The number of nitrogens with zero attached hydrogens (tertiary/aromatic N) is 2. The first-order valence-corrected chi connectivity index (χ1v) is 8.19. The summed E-state index contributed by atoms with van der Waals surface area (Å²) in [5.74, 6) is -1.04. The molecule has 2 amide bonds. The zero-order valence-corrected chi connectivity index (χ0v) is 13.7. The summed E-state index contributed by atoms with van der Waals surface area (Å²) in [6.45, 7) is 3.66. The Morgan fingerprint density at radius 1 is 1.17 bits per heavy atom. The maximum Gasteiger partial charge on any atom is 0.312 e. The Morgan fingerprint density at radius 3 is 2.65 bits per heavy atom. The van der Waals surface area contributed by atoms with Gasteiger partial charge in [-0.05, 0) is 12.8 Å². The van der Waals surface area contributed by atoms with Crippen molar-refractivity contribution in [3.63, 3.8) is 0 Å². The standard InChI is InChI=1S/C15H27N3O5/c1-22-7-8-23-13-3-2-5-17(11-13)14(20)15(21)18-6-4-16-9-12(19)10-18/h12-13,16,19H,2-11H2,1H3. The highest BCUT2D eigenvalue weighted by atomic mass is 16.5. The zero-order valence-electron chi connectivity index (χ0n) is 13.7. The molecule has 0 aliphatic carbocycles. The van der Waals surface area contributed by atoms with Gasteiger partial charge >= 0.3 is 11.8 Å². The summed E-state index contributed by atoms with van der Waals surface area (Å²) in [4.78, 5) is 27.8. The molecule has 0 radical (unpaired) electrons. The topological polar surface area (TPSA) is 91.3 Å². The molecule has 8 heteroatoms. The number of rotatable bonds is 4. The van der Waals surface area contributed by atoms with Gasteiger partial charge in [-0.1, -0.05) is 0 Å². The van der Waals surface area contributed by atoms with Crippen LogP contribution < -0.4 is 5.32 Å². The number of aliphatic hydroxyl groups excluding tert-OH is 1. The number of β-amino-alcohol motifs (C(OH)–C–C–N with tert-alkyl or cyclic N) is 1. The van der Waals surface area contributed by atoms with Crippen LogP contribution in [0.1, 0.15) is 12.8 Å². The fourth-order valence-electron chi connectivity index (χ4n) is 2.90. The Balaban J connectivity index is 1.86. The summed E-state index contributed by atoms with van der Waals surface area (Å²) >= 11 is 0. The second-order valence-electron chi connectivity index (χ2n) is 5.99. The molecule has 2 aliphatic heterocycles. The first-order chi connectivity index (χ1) is 11.1. The smallest absolute Gasteiger partial charge is 0.312 e. The van der Waals surface area contributed by atoms with Crippen molar-refractivity contribution in [2.24, 2.45) is 0 Å². The third-order valence-electron chi connectivity index (χ3n) is 4.15. The number of methoxy groups -OCH3 is 1. The summed E-state index contributed by atoms with van der Waals surface area (Å²) < 4.78 is 10.6. The average Bonchev–Trinajstić information content (AvgIpc) is 2.78. The number of aliphatic hydroxyl groups is 1. The summed E-state index contributed by atoms with van der Waals surface area (Å²) in [6.07, 6.45) is 1.02. The second kappa shape index (κ2) is 9.17. The number of ether oxygens (including phenoxy) is 2. The summed E-state index contributed by atoms with van der Waals surface area (Å²) in [6, 6.07) is 0. The van der Waals surface area contributed by atoms with Gasteiger partial charge in [-0.3, -0.25) is 9.59 Å². The molecule has 0 aromatic rings. The lowest BCUT2D eigenvalue weighted by Crippen LogP contribution is -2.51. The molecule has 23 heavy (non-hydrogen) atoms. The van der Waals surface area contributed by atoms with E-state index in [0.717, 1.165) is 12.8 Å². The molecule has 0 bridgehead atoms. The van der Waals surface area contributed by atoms with Crippen LogP contribution in [0.4, 0.5) is 0 Å². The monoisotopic (exact) mass is 329 g/mol. The molecule has 2 saturated heterocycles. The molecule has 8 nitrogen and oxygen atoms in total. The normalized spacial score (nSPS) is 26.0. The van der Waals surface area contributed by atoms with Crippen molar-refractivity contribution >= 4 is 11.8 Å². The molecule has 0 saturated carbocycles. The lowest BCUT2D eigenvalue weighted by molar-refractivity contribution is -0.154. The Bertz CT molecular complexity index is 407. The summed E-state index contributed by atoms with van der Waals surface area (Å²) in [5, 5.41) is 12.8. The van der Waals surface area contributed by atoms with Crippen molar-refractivity contribution in [2.45, 2.75) is 25.0 Å². The maximum absolute atomic E-state index is 12.4. The van der Waals surface area contributed by atoms with E-state index in [-0.39, 0.29) is 12.6 Å². The lowest BCUT2D eigenvalue weighted by Gasteiger charge is -2.33. The molecule has 2 N–H and O–H groups in total. The number of carbonyl (C=O) groups excluding carboxylic acids is 2. The Labute approximate surface area is 136 Å². The predicted octanol–water partition coefficient (Wildman–Crippen LogP) is -1.57. The van der Waals surface area contributed by atoms with Gasteiger partial charge in [0.15, 0.2) is 0 Å². The number of hydrogen-bond donors (Lipinski definition) is 2. The van der Waals surface area contributed by atoms with Crippen LogP contribution in [-0.2, 0) is 19.1 Å².